The van der Waals surface area contributed by atoms with E-state index < -0.39 is 0 Å². The van der Waals surface area contributed by atoms with Crippen molar-refractivity contribution in [1.29, 1.82) is 0 Å². The van der Waals surface area contributed by atoms with E-state index in [0.29, 0.717) is 19.6 Å². The SMILES string of the molecule is CCN(CCc1ccncc1)C(=O)CCOc1cccc(C)c1. The molecule has 2 rings (SSSR count). The molecule has 0 aliphatic heterocycles. The summed E-state index contributed by atoms with van der Waals surface area (Å²) in [5, 5.41) is 0. The number of nitrogens with zero attached hydrogens (tertiary/aromatic N) is 2. The smallest absolute Gasteiger partial charge is 0.225 e. The number of ether oxygens (including phenoxy) is 1. The molecule has 0 fully saturated rings. The summed E-state index contributed by atoms with van der Waals surface area (Å²) in [6.45, 7) is 5.88. The summed E-state index contributed by atoms with van der Waals surface area (Å²) in [6, 6.07) is 11.8. The molecule has 0 N–H and O–H groups in total. The average Bonchev–Trinajstić information content (AvgIpc) is 2.56. The van der Waals surface area contributed by atoms with E-state index in [9.17, 15) is 4.79 Å². The molecule has 0 atom stereocenters. The first-order chi connectivity index (χ1) is 11.2. The molecule has 1 aromatic carbocycles. The van der Waals surface area contributed by atoms with Crippen LogP contribution in [0.1, 0.15) is 24.5 Å². The highest BCUT2D eigenvalue weighted by atomic mass is 16.5. The summed E-state index contributed by atoms with van der Waals surface area (Å²) in [6.07, 6.45) is 4.81. The minimum atomic E-state index is 0.134. The molecular weight excluding hydrogens is 288 g/mol. The lowest BCUT2D eigenvalue weighted by Gasteiger charge is -2.21. The number of carbonyl (C=O) groups is 1. The van der Waals surface area contributed by atoms with Crippen molar-refractivity contribution in [2.24, 2.45) is 0 Å². The van der Waals surface area contributed by atoms with Crippen molar-refractivity contribution >= 4 is 5.91 Å². The third-order valence-electron chi connectivity index (χ3n) is 3.73. The fourth-order valence-electron chi connectivity index (χ4n) is 2.39. The number of likely N-dealkylation sites (N-methyl/N-ethyl adjacent to an activating group) is 1. The van der Waals surface area contributed by atoms with Crippen LogP contribution in [0.15, 0.2) is 48.8 Å². The molecule has 0 radical (unpaired) electrons. The Balaban J connectivity index is 1.76. The van der Waals surface area contributed by atoms with Gasteiger partial charge in [0.2, 0.25) is 5.91 Å². The monoisotopic (exact) mass is 312 g/mol. The van der Waals surface area contributed by atoms with Crippen molar-refractivity contribution in [2.45, 2.75) is 26.7 Å². The molecule has 0 saturated heterocycles. The van der Waals surface area contributed by atoms with Gasteiger partial charge in [0.25, 0.3) is 0 Å². The lowest BCUT2D eigenvalue weighted by Crippen LogP contribution is -2.33. The van der Waals surface area contributed by atoms with E-state index in [2.05, 4.69) is 4.98 Å². The van der Waals surface area contributed by atoms with Gasteiger partial charge in [-0.3, -0.25) is 9.78 Å². The lowest BCUT2D eigenvalue weighted by molar-refractivity contribution is -0.131. The van der Waals surface area contributed by atoms with Gasteiger partial charge < -0.3 is 9.64 Å². The minimum absolute atomic E-state index is 0.134. The van der Waals surface area contributed by atoms with Crippen LogP contribution in [0.3, 0.4) is 0 Å². The summed E-state index contributed by atoms with van der Waals surface area (Å²) in [5.74, 6) is 0.951. The number of pyridine rings is 1. The van der Waals surface area contributed by atoms with Gasteiger partial charge in [0.05, 0.1) is 13.0 Å². The Kier molecular flexibility index (Phi) is 6.60. The van der Waals surface area contributed by atoms with E-state index >= 15 is 0 Å². The van der Waals surface area contributed by atoms with E-state index in [1.165, 1.54) is 5.56 Å². The molecule has 1 amide bonds. The van der Waals surface area contributed by atoms with E-state index in [0.717, 1.165) is 24.3 Å². The second kappa shape index (κ2) is 8.93. The number of hydrogen-bond acceptors (Lipinski definition) is 3. The Hall–Kier alpha value is -2.36. The van der Waals surface area contributed by atoms with Gasteiger partial charge in [0.1, 0.15) is 5.75 Å². The second-order valence-corrected chi connectivity index (χ2v) is 5.49. The van der Waals surface area contributed by atoms with Gasteiger partial charge in [-0.1, -0.05) is 12.1 Å². The zero-order valence-corrected chi connectivity index (χ0v) is 13.9. The van der Waals surface area contributed by atoms with Crippen molar-refractivity contribution in [2.75, 3.05) is 19.7 Å². The first-order valence-corrected chi connectivity index (χ1v) is 8.05. The van der Waals surface area contributed by atoms with E-state index in [4.69, 9.17) is 4.74 Å². The van der Waals surface area contributed by atoms with Crippen LogP contribution >= 0.6 is 0 Å². The average molecular weight is 312 g/mol. The molecule has 0 unspecified atom stereocenters. The molecule has 4 heteroatoms. The Labute approximate surface area is 138 Å². The first kappa shape index (κ1) is 17.0. The molecule has 0 aliphatic rings. The lowest BCUT2D eigenvalue weighted by atomic mass is 10.2. The van der Waals surface area contributed by atoms with Crippen LogP contribution in [0.4, 0.5) is 0 Å². The van der Waals surface area contributed by atoms with Gasteiger partial charge in [-0.2, -0.15) is 0 Å². The summed E-state index contributed by atoms with van der Waals surface area (Å²) in [5.41, 5.74) is 2.35. The van der Waals surface area contributed by atoms with Gasteiger partial charge in [-0.15, -0.1) is 0 Å². The Morgan fingerprint density at radius 3 is 2.70 bits per heavy atom. The molecule has 23 heavy (non-hydrogen) atoms. The van der Waals surface area contributed by atoms with Gasteiger partial charge in [0, 0.05) is 25.5 Å². The van der Waals surface area contributed by atoms with Crippen LogP contribution in [0.5, 0.6) is 5.75 Å². The maximum Gasteiger partial charge on any atom is 0.225 e. The van der Waals surface area contributed by atoms with Crippen molar-refractivity contribution in [3.8, 4) is 5.75 Å². The Bertz CT molecular complexity index is 614. The fourth-order valence-corrected chi connectivity index (χ4v) is 2.39. The molecule has 122 valence electrons. The largest absolute Gasteiger partial charge is 0.493 e. The maximum absolute atomic E-state index is 12.3. The number of rotatable bonds is 8. The minimum Gasteiger partial charge on any atom is -0.493 e. The van der Waals surface area contributed by atoms with Crippen LogP contribution < -0.4 is 4.74 Å². The number of aryl methyl sites for hydroxylation is 1. The number of carbonyl (C=O) groups excluding carboxylic acids is 1. The van der Waals surface area contributed by atoms with Gasteiger partial charge >= 0.3 is 0 Å². The number of amides is 1. The second-order valence-electron chi connectivity index (χ2n) is 5.49. The molecular formula is C19H24N2O2. The zero-order chi connectivity index (χ0) is 16.5. The van der Waals surface area contributed by atoms with Crippen LogP contribution in [0.2, 0.25) is 0 Å². The van der Waals surface area contributed by atoms with Crippen molar-refractivity contribution < 1.29 is 9.53 Å². The first-order valence-electron chi connectivity index (χ1n) is 8.05. The number of benzene rings is 1. The molecule has 1 aromatic heterocycles. The number of aromatic nitrogens is 1. The van der Waals surface area contributed by atoms with E-state index in [1.807, 2.05) is 55.1 Å². The zero-order valence-electron chi connectivity index (χ0n) is 13.9. The summed E-state index contributed by atoms with van der Waals surface area (Å²) < 4.78 is 5.66. The summed E-state index contributed by atoms with van der Waals surface area (Å²) in [7, 11) is 0. The van der Waals surface area contributed by atoms with Crippen LogP contribution in [-0.2, 0) is 11.2 Å². The van der Waals surface area contributed by atoms with Crippen molar-refractivity contribution in [1.82, 2.24) is 9.88 Å². The molecule has 2 aromatic rings. The van der Waals surface area contributed by atoms with Crippen LogP contribution in [0.25, 0.3) is 0 Å². The predicted octanol–water partition coefficient (Wildman–Crippen LogP) is 3.25. The molecule has 1 heterocycles. The van der Waals surface area contributed by atoms with Crippen molar-refractivity contribution in [3.63, 3.8) is 0 Å². The summed E-state index contributed by atoms with van der Waals surface area (Å²) >= 11 is 0. The molecule has 0 aliphatic carbocycles. The van der Waals surface area contributed by atoms with Gasteiger partial charge in [-0.25, -0.2) is 0 Å². The van der Waals surface area contributed by atoms with Gasteiger partial charge in [-0.05, 0) is 55.7 Å². The third kappa shape index (κ3) is 5.74. The molecule has 4 nitrogen and oxygen atoms in total. The van der Waals surface area contributed by atoms with Crippen LogP contribution in [0, 0.1) is 6.92 Å². The topological polar surface area (TPSA) is 42.4 Å². The normalized spacial score (nSPS) is 10.3. The summed E-state index contributed by atoms with van der Waals surface area (Å²) in [4.78, 5) is 18.2. The standard InChI is InChI=1S/C19H24N2O2/c1-3-21(13-9-17-7-11-20-12-8-17)19(22)10-14-23-18-6-4-5-16(2)15-18/h4-8,11-12,15H,3,9-10,13-14H2,1-2H3. The highest BCUT2D eigenvalue weighted by Gasteiger charge is 2.11. The number of hydrogen-bond donors (Lipinski definition) is 0. The van der Waals surface area contributed by atoms with Crippen molar-refractivity contribution in [3.05, 3.63) is 59.9 Å². The highest BCUT2D eigenvalue weighted by Crippen LogP contribution is 2.12. The predicted molar refractivity (Wildman–Crippen MR) is 91.5 cm³/mol. The van der Waals surface area contributed by atoms with E-state index in [1.54, 1.807) is 12.4 Å². The maximum atomic E-state index is 12.3. The highest BCUT2D eigenvalue weighted by molar-refractivity contribution is 5.76. The Morgan fingerprint density at radius 2 is 2.00 bits per heavy atom. The Morgan fingerprint density at radius 1 is 1.22 bits per heavy atom. The third-order valence-corrected chi connectivity index (χ3v) is 3.73. The molecule has 0 saturated carbocycles. The molecule has 0 bridgehead atoms. The quantitative estimate of drug-likeness (QED) is 0.751. The fraction of sp³-hybridized carbons (Fsp3) is 0.368. The van der Waals surface area contributed by atoms with E-state index in [-0.39, 0.29) is 5.91 Å². The van der Waals surface area contributed by atoms with Gasteiger partial charge in [0.15, 0.2) is 0 Å². The van der Waals surface area contributed by atoms with Crippen LogP contribution in [-0.4, -0.2) is 35.5 Å². The molecule has 0 spiro atoms.